The average Bonchev–Trinajstić information content (AvgIpc) is 3.06. The van der Waals surface area contributed by atoms with Crippen molar-refractivity contribution < 1.29 is 14.0 Å². The molecular weight excluding hydrogens is 258 g/mol. The Kier molecular flexibility index (Phi) is 2.98. The van der Waals surface area contributed by atoms with Crippen LogP contribution in [0.3, 0.4) is 0 Å². The van der Waals surface area contributed by atoms with Gasteiger partial charge in [0.15, 0.2) is 12.2 Å². The first kappa shape index (κ1) is 12.4. The van der Waals surface area contributed by atoms with E-state index in [1.54, 1.807) is 6.20 Å². The van der Waals surface area contributed by atoms with E-state index >= 15 is 0 Å². The zero-order chi connectivity index (χ0) is 14.1. The molecule has 1 atom stereocenters. The highest BCUT2D eigenvalue weighted by Crippen LogP contribution is 2.24. The molecule has 20 heavy (non-hydrogen) atoms. The molecule has 2 heterocycles. The maximum atomic E-state index is 11.8. The first-order valence-electron chi connectivity index (χ1n) is 6.21. The van der Waals surface area contributed by atoms with E-state index < -0.39 is 6.04 Å². The molecule has 1 aliphatic heterocycles. The lowest BCUT2D eigenvalue weighted by Crippen LogP contribution is -2.31. The lowest BCUT2D eigenvalue weighted by atomic mass is 10.1. The Bertz CT molecular complexity index is 651. The molecule has 0 bridgehead atoms. The summed E-state index contributed by atoms with van der Waals surface area (Å²) in [6, 6.07) is 6.94. The molecule has 1 aromatic heterocycles. The number of benzene rings is 1. The molecule has 2 amide bonds. The van der Waals surface area contributed by atoms with Gasteiger partial charge < -0.3 is 9.73 Å². The first-order valence-corrected chi connectivity index (χ1v) is 6.21. The van der Waals surface area contributed by atoms with Crippen molar-refractivity contribution in [3.8, 4) is 11.3 Å². The minimum atomic E-state index is -0.502. The van der Waals surface area contributed by atoms with Crippen LogP contribution < -0.4 is 5.32 Å². The predicted octanol–water partition coefficient (Wildman–Crippen LogP) is 1.51. The van der Waals surface area contributed by atoms with Gasteiger partial charge in [-0.05, 0) is 12.1 Å². The van der Waals surface area contributed by atoms with Gasteiger partial charge in [0.05, 0.1) is 12.6 Å². The topological polar surface area (TPSA) is 75.4 Å². The normalized spacial score (nSPS) is 18.6. The Balaban J connectivity index is 1.80. The number of anilines is 1. The fourth-order valence-electron chi connectivity index (χ4n) is 2.19. The molecule has 1 saturated heterocycles. The summed E-state index contributed by atoms with van der Waals surface area (Å²) < 4.78 is 5.23. The summed E-state index contributed by atoms with van der Waals surface area (Å²) in [5.41, 5.74) is 1.62. The number of hydrogen-bond donors (Lipinski definition) is 1. The second-order valence-electron chi connectivity index (χ2n) is 4.64. The third kappa shape index (κ3) is 2.16. The van der Waals surface area contributed by atoms with Gasteiger partial charge in [-0.25, -0.2) is 4.98 Å². The van der Waals surface area contributed by atoms with E-state index in [0.29, 0.717) is 5.76 Å². The van der Waals surface area contributed by atoms with Crippen LogP contribution in [0.4, 0.5) is 5.69 Å². The van der Waals surface area contributed by atoms with Crippen LogP contribution >= 0.6 is 0 Å². The Labute approximate surface area is 115 Å². The molecule has 0 spiro atoms. The second-order valence-corrected chi connectivity index (χ2v) is 4.64. The molecule has 1 fully saturated rings. The van der Waals surface area contributed by atoms with Gasteiger partial charge in [0.2, 0.25) is 5.91 Å². The number of amides is 2. The van der Waals surface area contributed by atoms with Crippen molar-refractivity contribution in [2.75, 3.05) is 12.4 Å². The molecule has 1 unspecified atom stereocenters. The molecule has 0 aliphatic carbocycles. The molecule has 2 aromatic rings. The summed E-state index contributed by atoms with van der Waals surface area (Å²) in [4.78, 5) is 28.4. The highest BCUT2D eigenvalue weighted by molar-refractivity contribution is 6.06. The standard InChI is InChI=1S/C14H13N3O3/c1-17-13(18)6-11(14(17)19)16-10-4-2-3-9(5-10)12-7-15-8-20-12/h2-5,7-8,11,16H,6H2,1H3. The van der Waals surface area contributed by atoms with Crippen molar-refractivity contribution >= 4 is 17.5 Å². The SMILES string of the molecule is CN1C(=O)CC(Nc2cccc(-c3cnco3)c2)C1=O. The summed E-state index contributed by atoms with van der Waals surface area (Å²) in [7, 11) is 1.50. The van der Waals surface area contributed by atoms with Crippen LogP contribution in [0.15, 0.2) is 41.3 Å². The fraction of sp³-hybridized carbons (Fsp3) is 0.214. The number of likely N-dealkylation sites (N-methyl/N-ethyl adjacent to an activating group) is 1. The molecule has 102 valence electrons. The van der Waals surface area contributed by atoms with E-state index in [0.717, 1.165) is 16.2 Å². The molecule has 3 rings (SSSR count). The van der Waals surface area contributed by atoms with Gasteiger partial charge in [0.1, 0.15) is 6.04 Å². The van der Waals surface area contributed by atoms with Crippen LogP contribution in [0.5, 0.6) is 0 Å². The van der Waals surface area contributed by atoms with Crippen LogP contribution in [0.25, 0.3) is 11.3 Å². The van der Waals surface area contributed by atoms with Crippen LogP contribution in [0.2, 0.25) is 0 Å². The third-order valence-electron chi connectivity index (χ3n) is 3.30. The van der Waals surface area contributed by atoms with Gasteiger partial charge in [0.25, 0.3) is 5.91 Å². The first-order chi connectivity index (χ1) is 9.65. The molecular formula is C14H13N3O3. The zero-order valence-electron chi connectivity index (χ0n) is 10.9. The van der Waals surface area contributed by atoms with Gasteiger partial charge in [-0.1, -0.05) is 12.1 Å². The number of rotatable bonds is 3. The molecule has 1 N–H and O–H groups in total. The second kappa shape index (κ2) is 4.80. The lowest BCUT2D eigenvalue weighted by molar-refractivity contribution is -0.136. The molecule has 0 saturated carbocycles. The summed E-state index contributed by atoms with van der Waals surface area (Å²) >= 11 is 0. The quantitative estimate of drug-likeness (QED) is 0.856. The molecule has 1 aromatic carbocycles. The minimum Gasteiger partial charge on any atom is -0.444 e. The third-order valence-corrected chi connectivity index (χ3v) is 3.30. The van der Waals surface area contributed by atoms with Crippen LogP contribution in [0.1, 0.15) is 6.42 Å². The maximum absolute atomic E-state index is 11.8. The Morgan fingerprint density at radius 2 is 2.25 bits per heavy atom. The van der Waals surface area contributed by atoms with E-state index in [2.05, 4.69) is 10.3 Å². The Morgan fingerprint density at radius 3 is 2.90 bits per heavy atom. The number of carbonyl (C=O) groups excluding carboxylic acids is 2. The number of hydrogen-bond acceptors (Lipinski definition) is 5. The Morgan fingerprint density at radius 1 is 1.40 bits per heavy atom. The molecule has 0 radical (unpaired) electrons. The van der Waals surface area contributed by atoms with E-state index in [-0.39, 0.29) is 18.2 Å². The van der Waals surface area contributed by atoms with Gasteiger partial charge in [-0.15, -0.1) is 0 Å². The van der Waals surface area contributed by atoms with E-state index in [4.69, 9.17) is 4.42 Å². The molecule has 1 aliphatic rings. The number of carbonyl (C=O) groups is 2. The lowest BCUT2D eigenvalue weighted by Gasteiger charge is -2.12. The molecule has 6 nitrogen and oxygen atoms in total. The summed E-state index contributed by atoms with van der Waals surface area (Å²) in [5.74, 6) is 0.276. The highest BCUT2D eigenvalue weighted by atomic mass is 16.3. The van der Waals surface area contributed by atoms with Crippen molar-refractivity contribution in [1.29, 1.82) is 0 Å². The van der Waals surface area contributed by atoms with Crippen molar-refractivity contribution in [3.05, 3.63) is 36.9 Å². The van der Waals surface area contributed by atoms with Crippen molar-refractivity contribution in [2.45, 2.75) is 12.5 Å². The van der Waals surface area contributed by atoms with Gasteiger partial charge in [-0.2, -0.15) is 0 Å². The van der Waals surface area contributed by atoms with Crippen LogP contribution in [-0.4, -0.2) is 34.8 Å². The van der Waals surface area contributed by atoms with Crippen LogP contribution in [-0.2, 0) is 9.59 Å². The largest absolute Gasteiger partial charge is 0.444 e. The van der Waals surface area contributed by atoms with Crippen molar-refractivity contribution in [3.63, 3.8) is 0 Å². The van der Waals surface area contributed by atoms with E-state index in [9.17, 15) is 9.59 Å². The molecule has 6 heteroatoms. The van der Waals surface area contributed by atoms with Gasteiger partial charge >= 0.3 is 0 Å². The average molecular weight is 271 g/mol. The van der Waals surface area contributed by atoms with Gasteiger partial charge in [0, 0.05) is 18.3 Å². The number of aromatic nitrogens is 1. The fourth-order valence-corrected chi connectivity index (χ4v) is 2.19. The number of nitrogens with one attached hydrogen (secondary N) is 1. The Hall–Kier alpha value is -2.63. The smallest absolute Gasteiger partial charge is 0.251 e. The number of likely N-dealkylation sites (tertiary alicyclic amines) is 1. The summed E-state index contributed by atoms with van der Waals surface area (Å²) in [6.45, 7) is 0. The number of oxazole rings is 1. The van der Waals surface area contributed by atoms with Crippen molar-refractivity contribution in [2.24, 2.45) is 0 Å². The maximum Gasteiger partial charge on any atom is 0.251 e. The number of imide groups is 1. The minimum absolute atomic E-state index is 0.168. The highest BCUT2D eigenvalue weighted by Gasteiger charge is 2.35. The number of nitrogens with zero attached hydrogens (tertiary/aromatic N) is 2. The van der Waals surface area contributed by atoms with E-state index in [1.807, 2.05) is 24.3 Å². The summed E-state index contributed by atoms with van der Waals surface area (Å²) in [6.07, 6.45) is 3.17. The van der Waals surface area contributed by atoms with E-state index in [1.165, 1.54) is 13.4 Å². The van der Waals surface area contributed by atoms with Crippen molar-refractivity contribution in [1.82, 2.24) is 9.88 Å². The monoisotopic (exact) mass is 271 g/mol. The zero-order valence-corrected chi connectivity index (χ0v) is 10.9. The summed E-state index contributed by atoms with van der Waals surface area (Å²) in [5, 5.41) is 3.08. The van der Waals surface area contributed by atoms with Crippen LogP contribution in [0, 0.1) is 0 Å². The van der Waals surface area contributed by atoms with Gasteiger partial charge in [-0.3, -0.25) is 14.5 Å². The predicted molar refractivity (Wildman–Crippen MR) is 71.7 cm³/mol.